The number of rotatable bonds is 10. The number of alkyl carbamates (subject to hydrolysis) is 2. The van der Waals surface area contributed by atoms with Crippen molar-refractivity contribution in [3.05, 3.63) is 65.9 Å². The number of hydrogen-bond donors (Lipinski definition) is 4. The molecule has 4 aliphatic heterocycles. The molecule has 5 aromatic rings. The van der Waals surface area contributed by atoms with E-state index in [9.17, 15) is 19.2 Å². The van der Waals surface area contributed by atoms with Crippen LogP contribution in [-0.2, 0) is 30.4 Å². The summed E-state index contributed by atoms with van der Waals surface area (Å²) in [5.74, 6) is 1.76. The monoisotopic (exact) mass is 874 g/mol. The standard InChI is InChI=1S/C48H58N8O8/c1-7-31-11-15-38(56(31)46(58)41(54-48(60)62-6)27-16-18-63-19-17-27)44-50-35-13-10-28-21-34-32-12-9-29(20-30(32)24-64-39(34)22-33(28)42(35)52-44)36-23-49-43(51-36)37-14-8-26(4)55(37)45(57)40(25(2)3)53-47(59)61-5/h9-10,12-13,20-23,25-27,31,37-38,40-41H,7-8,11,14-19,24H2,1-6H3,(H,49,51)(H,50,52)(H,53,59)(H,54,60)/t26-,31-,37-,38-,40?,41-/m0/s1. The van der Waals surface area contributed by atoms with Crippen LogP contribution in [0.5, 0.6) is 5.75 Å². The second-order valence-electron chi connectivity index (χ2n) is 18.0. The minimum atomic E-state index is -0.721. The average Bonchev–Trinajstić information content (AvgIpc) is 4.14. The largest absolute Gasteiger partial charge is 0.488 e. The highest BCUT2D eigenvalue weighted by atomic mass is 16.5. The molecule has 4 amide bonds. The van der Waals surface area contributed by atoms with Gasteiger partial charge in [-0.15, -0.1) is 0 Å². The molecule has 0 spiro atoms. The molecule has 4 N–H and O–H groups in total. The number of carbonyl (C=O) groups excluding carboxylic acids is 4. The molecule has 0 bridgehead atoms. The summed E-state index contributed by atoms with van der Waals surface area (Å²) in [6, 6.07) is 12.7. The van der Waals surface area contributed by atoms with Crippen molar-refractivity contribution in [2.75, 3.05) is 27.4 Å². The Kier molecular flexibility index (Phi) is 12.0. The van der Waals surface area contributed by atoms with Crippen molar-refractivity contribution in [1.82, 2.24) is 40.4 Å². The lowest BCUT2D eigenvalue weighted by atomic mass is 9.90. The van der Waals surface area contributed by atoms with Gasteiger partial charge in [0, 0.05) is 36.2 Å². The van der Waals surface area contributed by atoms with Gasteiger partial charge in [0.15, 0.2) is 0 Å². The maximum absolute atomic E-state index is 14.5. The van der Waals surface area contributed by atoms with Crippen molar-refractivity contribution < 1.29 is 38.1 Å². The Morgan fingerprint density at radius 2 is 1.59 bits per heavy atom. The van der Waals surface area contributed by atoms with Gasteiger partial charge in [0.1, 0.15) is 36.1 Å². The summed E-state index contributed by atoms with van der Waals surface area (Å²) < 4.78 is 21.8. The van der Waals surface area contributed by atoms with Crippen LogP contribution in [0.1, 0.15) is 102 Å². The topological polar surface area (TPSA) is 193 Å². The van der Waals surface area contributed by atoms with Gasteiger partial charge in [-0.2, -0.15) is 0 Å². The number of hydrogen-bond acceptors (Lipinski definition) is 10. The number of H-pyrrole nitrogens is 2. The van der Waals surface area contributed by atoms with Crippen LogP contribution < -0.4 is 15.4 Å². The molecule has 0 aliphatic carbocycles. The minimum absolute atomic E-state index is 0.0126. The van der Waals surface area contributed by atoms with Crippen LogP contribution in [0, 0.1) is 11.8 Å². The SMILES string of the molecule is CC[C@H]1CC[C@@H](c2nc3ccc4cc5c(cc4c3[nH]2)OCc2cc(-c3cnc([C@@H]4CC[C@H](C)N4C(=O)C(NC(=O)OC)C(C)C)[nH]3)ccc2-5)N1C(=O)[C@@H](NC(=O)OC)C1CCOCC1. The van der Waals surface area contributed by atoms with Crippen LogP contribution in [0.2, 0.25) is 0 Å². The van der Waals surface area contributed by atoms with E-state index in [1.54, 1.807) is 0 Å². The molecule has 64 heavy (non-hydrogen) atoms. The predicted molar refractivity (Wildman–Crippen MR) is 239 cm³/mol. The Bertz CT molecular complexity index is 2580. The van der Waals surface area contributed by atoms with Crippen molar-refractivity contribution >= 4 is 45.8 Å². The fourth-order valence-electron chi connectivity index (χ4n) is 10.4. The van der Waals surface area contributed by atoms with E-state index in [2.05, 4.69) is 63.9 Å². The summed E-state index contributed by atoms with van der Waals surface area (Å²) in [5.41, 5.74) is 6.61. The van der Waals surface area contributed by atoms with Crippen LogP contribution in [-0.4, -0.2) is 105 Å². The molecular weight excluding hydrogens is 817 g/mol. The van der Waals surface area contributed by atoms with E-state index in [0.717, 1.165) is 93.4 Å². The van der Waals surface area contributed by atoms with E-state index in [-0.39, 0.29) is 47.8 Å². The van der Waals surface area contributed by atoms with Crippen molar-refractivity contribution in [2.45, 2.75) is 115 Å². The molecule has 3 saturated heterocycles. The van der Waals surface area contributed by atoms with Gasteiger partial charge in [-0.25, -0.2) is 19.6 Å². The molecule has 1 unspecified atom stereocenters. The van der Waals surface area contributed by atoms with Gasteiger partial charge >= 0.3 is 12.2 Å². The molecular formula is C48H58N8O8. The Labute approximate surface area is 372 Å². The van der Waals surface area contributed by atoms with Crippen molar-refractivity contribution in [3.63, 3.8) is 0 Å². The quantitative estimate of drug-likeness (QED) is 0.108. The van der Waals surface area contributed by atoms with Crippen molar-refractivity contribution in [2.24, 2.45) is 11.8 Å². The predicted octanol–water partition coefficient (Wildman–Crippen LogP) is 7.69. The van der Waals surface area contributed by atoms with Gasteiger partial charge in [-0.3, -0.25) is 9.59 Å². The van der Waals surface area contributed by atoms with Gasteiger partial charge in [-0.05, 0) is 110 Å². The Morgan fingerprint density at radius 3 is 2.34 bits per heavy atom. The number of aromatic nitrogens is 4. The number of carbonyl (C=O) groups is 4. The summed E-state index contributed by atoms with van der Waals surface area (Å²) in [5, 5.41) is 7.61. The molecule has 3 aromatic carbocycles. The fourth-order valence-corrected chi connectivity index (χ4v) is 10.4. The summed E-state index contributed by atoms with van der Waals surface area (Å²) in [6.45, 7) is 9.42. The molecule has 2 aromatic heterocycles. The second-order valence-corrected chi connectivity index (χ2v) is 18.0. The van der Waals surface area contributed by atoms with Crippen LogP contribution in [0.15, 0.2) is 48.7 Å². The zero-order valence-electron chi connectivity index (χ0n) is 37.4. The van der Waals surface area contributed by atoms with Crippen molar-refractivity contribution in [3.8, 4) is 28.1 Å². The number of imidazole rings is 2. The fraction of sp³-hybridized carbons (Fsp3) is 0.500. The smallest absolute Gasteiger partial charge is 0.407 e. The Hall–Kier alpha value is -6.16. The first kappa shape index (κ1) is 43.1. The first-order valence-corrected chi connectivity index (χ1v) is 22.7. The number of likely N-dealkylation sites (tertiary alicyclic amines) is 2. The molecule has 3 fully saturated rings. The molecule has 4 aliphatic rings. The van der Waals surface area contributed by atoms with Crippen molar-refractivity contribution in [1.29, 1.82) is 0 Å². The molecule has 0 saturated carbocycles. The summed E-state index contributed by atoms with van der Waals surface area (Å²) in [7, 11) is 2.61. The number of aromatic amines is 2. The van der Waals surface area contributed by atoms with Crippen LogP contribution in [0.3, 0.4) is 0 Å². The van der Waals surface area contributed by atoms with E-state index in [1.807, 2.05) is 42.8 Å². The summed E-state index contributed by atoms with van der Waals surface area (Å²) in [6.07, 6.45) is 5.88. The second kappa shape index (κ2) is 17.8. The lowest BCUT2D eigenvalue weighted by Gasteiger charge is -2.36. The normalized spacial score (nSPS) is 21.9. The number of fused-ring (bicyclic) bond motifs is 6. The van der Waals surface area contributed by atoms with E-state index < -0.39 is 24.3 Å². The highest BCUT2D eigenvalue weighted by Crippen LogP contribution is 2.44. The van der Waals surface area contributed by atoms with E-state index >= 15 is 0 Å². The summed E-state index contributed by atoms with van der Waals surface area (Å²) in [4.78, 5) is 73.9. The maximum atomic E-state index is 14.5. The van der Waals surface area contributed by atoms with Crippen LogP contribution in [0.4, 0.5) is 9.59 Å². The number of nitrogens with zero attached hydrogens (tertiary/aromatic N) is 4. The first-order chi connectivity index (χ1) is 31.0. The lowest BCUT2D eigenvalue weighted by molar-refractivity contribution is -0.139. The zero-order valence-corrected chi connectivity index (χ0v) is 37.4. The number of benzene rings is 3. The number of nitrogens with one attached hydrogen (secondary N) is 4. The molecule has 0 radical (unpaired) electrons. The number of amides is 4. The third-order valence-corrected chi connectivity index (χ3v) is 13.9. The lowest BCUT2D eigenvalue weighted by Crippen LogP contribution is -2.54. The van der Waals surface area contributed by atoms with Gasteiger partial charge in [0.05, 0.1) is 49.2 Å². The average molecular weight is 875 g/mol. The number of ether oxygens (including phenoxy) is 4. The van der Waals surface area contributed by atoms with E-state index in [4.69, 9.17) is 28.9 Å². The third kappa shape index (κ3) is 7.90. The third-order valence-electron chi connectivity index (χ3n) is 13.9. The van der Waals surface area contributed by atoms with E-state index in [1.165, 1.54) is 14.2 Å². The summed E-state index contributed by atoms with van der Waals surface area (Å²) >= 11 is 0. The van der Waals surface area contributed by atoms with Gasteiger partial charge < -0.3 is 49.3 Å². The highest BCUT2D eigenvalue weighted by molar-refractivity contribution is 6.07. The van der Waals surface area contributed by atoms with Gasteiger partial charge in [0.2, 0.25) is 11.8 Å². The van der Waals surface area contributed by atoms with Crippen LogP contribution in [0.25, 0.3) is 44.2 Å². The van der Waals surface area contributed by atoms with Gasteiger partial charge in [0.25, 0.3) is 0 Å². The highest BCUT2D eigenvalue weighted by Gasteiger charge is 2.45. The number of methoxy groups -OCH3 is 2. The molecule has 338 valence electrons. The Balaban J connectivity index is 0.971. The first-order valence-electron chi connectivity index (χ1n) is 22.7. The maximum Gasteiger partial charge on any atom is 0.407 e. The Morgan fingerprint density at radius 1 is 0.844 bits per heavy atom. The minimum Gasteiger partial charge on any atom is -0.488 e. The molecule has 6 atom stereocenters. The molecule has 9 rings (SSSR count). The van der Waals surface area contributed by atoms with Gasteiger partial charge in [-0.1, -0.05) is 39.0 Å². The molecule has 6 heterocycles. The van der Waals surface area contributed by atoms with Crippen LogP contribution >= 0.6 is 0 Å². The molecule has 16 nitrogen and oxygen atoms in total. The molecule has 16 heteroatoms. The van der Waals surface area contributed by atoms with E-state index in [0.29, 0.717) is 38.5 Å². The zero-order chi connectivity index (χ0) is 44.8.